The number of hydrogen-bond donors (Lipinski definition) is 1. The number of hydrogen-bond acceptors (Lipinski definition) is 7. The van der Waals surface area contributed by atoms with Gasteiger partial charge in [0.1, 0.15) is 6.04 Å². The van der Waals surface area contributed by atoms with Gasteiger partial charge < -0.3 is 4.90 Å². The molecule has 0 spiro atoms. The Morgan fingerprint density at radius 1 is 1.15 bits per heavy atom. The molecule has 1 atom stereocenters. The lowest BCUT2D eigenvalue weighted by atomic mass is 9.99. The Balaban J connectivity index is 1.98. The van der Waals surface area contributed by atoms with Crippen molar-refractivity contribution >= 4 is 39.1 Å². The van der Waals surface area contributed by atoms with E-state index in [4.69, 9.17) is 5.14 Å². The smallest absolute Gasteiger partial charge is 0.270 e. The molecule has 0 aliphatic carbocycles. The maximum absolute atomic E-state index is 13.3. The minimum absolute atomic E-state index is 0.00956. The second-order valence-electron chi connectivity index (χ2n) is 8.48. The molecular weight excluding hydrogens is 452 g/mol. The first-order valence-electron chi connectivity index (χ1n) is 9.79. The molecular formula is C21H22N4O7S. The van der Waals surface area contributed by atoms with Crippen molar-refractivity contribution in [3.63, 3.8) is 0 Å². The number of rotatable bonds is 5. The molecule has 174 valence electrons. The highest BCUT2D eigenvalue weighted by atomic mass is 32.2. The van der Waals surface area contributed by atoms with Gasteiger partial charge in [0.15, 0.2) is 0 Å². The van der Waals surface area contributed by atoms with Gasteiger partial charge in [-0.2, -0.15) is 0 Å². The molecule has 1 saturated heterocycles. The second kappa shape index (κ2) is 8.37. The van der Waals surface area contributed by atoms with E-state index >= 15 is 0 Å². The summed E-state index contributed by atoms with van der Waals surface area (Å²) in [5, 5.41) is 16.2. The van der Waals surface area contributed by atoms with Gasteiger partial charge in [-0.05, 0) is 51.1 Å². The number of non-ortho nitro benzene ring substituents is 1. The Morgan fingerprint density at radius 3 is 2.27 bits per heavy atom. The highest BCUT2D eigenvalue weighted by Gasteiger charge is 2.47. The number of imide groups is 1. The predicted molar refractivity (Wildman–Crippen MR) is 118 cm³/mol. The van der Waals surface area contributed by atoms with Crippen LogP contribution in [0.4, 0.5) is 11.4 Å². The number of benzene rings is 2. The Bertz CT molecular complexity index is 1250. The van der Waals surface area contributed by atoms with Crippen molar-refractivity contribution in [2.24, 2.45) is 5.14 Å². The zero-order chi connectivity index (χ0) is 24.7. The summed E-state index contributed by atoms with van der Waals surface area (Å²) < 4.78 is 22.9. The SMILES string of the molecule is CC(C)(C)N(C(=O)c1cccc([N+](=O)[O-])c1)C1CC(=O)N(c2ccc(S(N)(=O)=O)cc2)C1=O. The number of anilines is 1. The molecule has 0 aromatic heterocycles. The van der Waals surface area contributed by atoms with Crippen LogP contribution in [-0.4, -0.2) is 47.5 Å². The highest BCUT2D eigenvalue weighted by Crippen LogP contribution is 2.31. The fourth-order valence-corrected chi connectivity index (χ4v) is 4.19. The standard InChI is InChI=1S/C21H22N4O7S/c1-21(2,3)24(19(27)13-5-4-6-15(11-13)25(29)30)17-12-18(26)23(20(17)28)14-7-9-16(10-8-14)33(22,31)32/h4-11,17H,12H2,1-3H3,(H2,22,31,32). The number of amides is 3. The third-order valence-electron chi connectivity index (χ3n) is 5.10. The average molecular weight is 474 g/mol. The van der Waals surface area contributed by atoms with Gasteiger partial charge in [0, 0.05) is 23.2 Å². The Morgan fingerprint density at radius 2 is 1.76 bits per heavy atom. The molecule has 1 aliphatic heterocycles. The third kappa shape index (κ3) is 4.76. The summed E-state index contributed by atoms with van der Waals surface area (Å²) in [4.78, 5) is 51.8. The van der Waals surface area contributed by atoms with E-state index in [9.17, 15) is 32.9 Å². The molecule has 1 aliphatic rings. The van der Waals surface area contributed by atoms with Crippen molar-refractivity contribution < 1.29 is 27.7 Å². The Hall–Kier alpha value is -3.64. The molecule has 33 heavy (non-hydrogen) atoms. The summed E-state index contributed by atoms with van der Waals surface area (Å²) in [6, 6.07) is 8.89. The molecule has 1 heterocycles. The zero-order valence-electron chi connectivity index (χ0n) is 18.1. The molecule has 11 nitrogen and oxygen atoms in total. The van der Waals surface area contributed by atoms with Gasteiger partial charge in [0.2, 0.25) is 15.9 Å². The number of primary sulfonamides is 1. The fourth-order valence-electron chi connectivity index (χ4n) is 3.68. The lowest BCUT2D eigenvalue weighted by Gasteiger charge is -2.39. The van der Waals surface area contributed by atoms with Gasteiger partial charge in [-0.3, -0.25) is 24.5 Å². The van der Waals surface area contributed by atoms with E-state index in [0.29, 0.717) is 0 Å². The summed E-state index contributed by atoms with van der Waals surface area (Å²) in [7, 11) is -3.95. The van der Waals surface area contributed by atoms with Crippen molar-refractivity contribution in [1.29, 1.82) is 0 Å². The molecule has 3 amide bonds. The van der Waals surface area contributed by atoms with Gasteiger partial charge in [-0.15, -0.1) is 0 Å². The lowest BCUT2D eigenvalue weighted by Crippen LogP contribution is -2.54. The largest absolute Gasteiger partial charge is 0.321 e. The van der Waals surface area contributed by atoms with Crippen LogP contribution in [0.15, 0.2) is 53.4 Å². The van der Waals surface area contributed by atoms with Gasteiger partial charge in [-0.1, -0.05) is 6.07 Å². The normalized spacial score (nSPS) is 16.7. The molecule has 0 radical (unpaired) electrons. The van der Waals surface area contributed by atoms with Gasteiger partial charge >= 0.3 is 0 Å². The Labute approximate surface area is 190 Å². The van der Waals surface area contributed by atoms with E-state index < -0.39 is 44.2 Å². The zero-order valence-corrected chi connectivity index (χ0v) is 18.9. The molecule has 2 aromatic carbocycles. The van der Waals surface area contributed by atoms with E-state index in [2.05, 4.69) is 0 Å². The van der Waals surface area contributed by atoms with Gasteiger partial charge in [0.25, 0.3) is 17.5 Å². The van der Waals surface area contributed by atoms with Crippen molar-refractivity contribution in [2.75, 3.05) is 4.90 Å². The molecule has 1 unspecified atom stereocenters. The minimum Gasteiger partial charge on any atom is -0.321 e. The predicted octanol–water partition coefficient (Wildman–Crippen LogP) is 1.81. The first-order valence-corrected chi connectivity index (χ1v) is 11.3. The highest BCUT2D eigenvalue weighted by molar-refractivity contribution is 7.89. The topological polar surface area (TPSA) is 161 Å². The summed E-state index contributed by atoms with van der Waals surface area (Å²) >= 11 is 0. The van der Waals surface area contributed by atoms with Crippen LogP contribution in [0.25, 0.3) is 0 Å². The molecule has 2 N–H and O–H groups in total. The van der Waals surface area contributed by atoms with Crippen LogP contribution >= 0.6 is 0 Å². The van der Waals surface area contributed by atoms with E-state index in [1.165, 1.54) is 47.4 Å². The number of carbonyl (C=O) groups is 3. The van der Waals surface area contributed by atoms with Crippen LogP contribution in [0.3, 0.4) is 0 Å². The summed E-state index contributed by atoms with van der Waals surface area (Å²) in [5.74, 6) is -1.88. The molecule has 1 fully saturated rings. The molecule has 12 heteroatoms. The monoisotopic (exact) mass is 474 g/mol. The van der Waals surface area contributed by atoms with E-state index in [0.717, 1.165) is 11.0 Å². The number of sulfonamides is 1. The Kier molecular flexibility index (Phi) is 6.09. The van der Waals surface area contributed by atoms with Crippen LogP contribution in [0.5, 0.6) is 0 Å². The van der Waals surface area contributed by atoms with Crippen LogP contribution in [0.2, 0.25) is 0 Å². The number of nitrogens with two attached hydrogens (primary N) is 1. The molecule has 3 rings (SSSR count). The van der Waals surface area contributed by atoms with Crippen LogP contribution in [0.1, 0.15) is 37.6 Å². The van der Waals surface area contributed by atoms with Crippen molar-refractivity contribution in [2.45, 2.75) is 43.7 Å². The first-order chi connectivity index (χ1) is 15.2. The van der Waals surface area contributed by atoms with Gasteiger partial charge in [0.05, 0.1) is 21.9 Å². The maximum Gasteiger partial charge on any atom is 0.270 e. The number of nitro groups is 1. The van der Waals surface area contributed by atoms with Crippen LogP contribution in [0, 0.1) is 10.1 Å². The van der Waals surface area contributed by atoms with Crippen LogP contribution < -0.4 is 10.0 Å². The average Bonchev–Trinajstić information content (AvgIpc) is 3.00. The fraction of sp³-hybridized carbons (Fsp3) is 0.286. The minimum atomic E-state index is -3.95. The number of nitrogens with zero attached hydrogens (tertiary/aromatic N) is 3. The summed E-state index contributed by atoms with van der Waals surface area (Å²) in [6.45, 7) is 5.05. The lowest BCUT2D eigenvalue weighted by molar-refractivity contribution is -0.384. The number of carbonyl (C=O) groups excluding carboxylic acids is 3. The van der Waals surface area contributed by atoms with E-state index in [1.54, 1.807) is 20.8 Å². The first kappa shape index (κ1) is 24.0. The number of nitro benzene ring substituents is 1. The van der Waals surface area contributed by atoms with Crippen molar-refractivity contribution in [3.8, 4) is 0 Å². The third-order valence-corrected chi connectivity index (χ3v) is 6.03. The van der Waals surface area contributed by atoms with Gasteiger partial charge in [-0.25, -0.2) is 18.5 Å². The second-order valence-corrected chi connectivity index (χ2v) is 10.0. The summed E-state index contributed by atoms with van der Waals surface area (Å²) in [5.41, 5.74) is -1.04. The molecule has 0 bridgehead atoms. The quantitative estimate of drug-likeness (QED) is 0.393. The van der Waals surface area contributed by atoms with Crippen LogP contribution in [-0.2, 0) is 19.6 Å². The van der Waals surface area contributed by atoms with E-state index in [1.807, 2.05) is 0 Å². The maximum atomic E-state index is 13.3. The molecule has 2 aromatic rings. The molecule has 0 saturated carbocycles. The van der Waals surface area contributed by atoms with Crippen molar-refractivity contribution in [1.82, 2.24) is 4.90 Å². The van der Waals surface area contributed by atoms with E-state index in [-0.39, 0.29) is 28.3 Å². The van der Waals surface area contributed by atoms with Crippen molar-refractivity contribution in [3.05, 3.63) is 64.2 Å². The summed E-state index contributed by atoms with van der Waals surface area (Å²) in [6.07, 6.45) is -0.298.